The molecule has 1 saturated heterocycles. The Balaban J connectivity index is 0.00000151. The fraction of sp³-hybridized carbons (Fsp3) is 0.700. The topological polar surface area (TPSA) is 69.6 Å². The summed E-state index contributed by atoms with van der Waals surface area (Å²) in [5, 5.41) is 10.1. The van der Waals surface area contributed by atoms with Gasteiger partial charge in [0, 0.05) is 26.1 Å². The lowest BCUT2D eigenvalue weighted by Crippen LogP contribution is -2.46. The van der Waals surface area contributed by atoms with Crippen LogP contribution in [-0.4, -0.2) is 47.6 Å². The smallest absolute Gasteiger partial charge is 0.243 e. The van der Waals surface area contributed by atoms with Gasteiger partial charge in [0.2, 0.25) is 11.8 Å². The molecule has 0 spiro atoms. The second-order valence-corrected chi connectivity index (χ2v) is 6.74. The van der Waals surface area contributed by atoms with Crippen LogP contribution < -0.4 is 5.32 Å². The van der Waals surface area contributed by atoms with E-state index in [-0.39, 0.29) is 23.9 Å². The zero-order valence-corrected chi connectivity index (χ0v) is 15.6. The van der Waals surface area contributed by atoms with Gasteiger partial charge in [-0.2, -0.15) is 0 Å². The summed E-state index contributed by atoms with van der Waals surface area (Å²) in [5.41, 5.74) is 0. The first kappa shape index (κ1) is 21.4. The van der Waals surface area contributed by atoms with Gasteiger partial charge in [0.15, 0.2) is 0 Å². The van der Waals surface area contributed by atoms with Gasteiger partial charge in [-0.3, -0.25) is 9.59 Å². The van der Waals surface area contributed by atoms with Crippen molar-refractivity contribution in [2.24, 2.45) is 5.92 Å². The number of unbranched alkanes of at least 4 members (excludes halogenated alkanes) is 4. The molecule has 2 aliphatic rings. The molecule has 2 fully saturated rings. The molecular weight excluding hydrogens is 316 g/mol. The van der Waals surface area contributed by atoms with Gasteiger partial charge >= 0.3 is 0 Å². The molecule has 1 heterocycles. The van der Waals surface area contributed by atoms with Crippen LogP contribution in [0.4, 0.5) is 0 Å². The number of rotatable bonds is 10. The normalized spacial score (nSPS) is 24.1. The maximum absolute atomic E-state index is 12.4. The van der Waals surface area contributed by atoms with Gasteiger partial charge in [0.25, 0.3) is 0 Å². The molecule has 1 aliphatic carbocycles. The lowest BCUT2D eigenvalue weighted by molar-refractivity contribution is -0.138. The molecule has 142 valence electrons. The summed E-state index contributed by atoms with van der Waals surface area (Å²) in [5.74, 6) is 0.582. The highest BCUT2D eigenvalue weighted by Crippen LogP contribution is 2.31. The van der Waals surface area contributed by atoms with Crippen LogP contribution in [0.3, 0.4) is 0 Å². The second kappa shape index (κ2) is 11.9. The molecule has 5 nitrogen and oxygen atoms in total. The third-order valence-corrected chi connectivity index (χ3v) is 4.89. The molecule has 25 heavy (non-hydrogen) atoms. The van der Waals surface area contributed by atoms with Crippen LogP contribution in [0.25, 0.3) is 0 Å². The Bertz CT molecular complexity index is 450. The third kappa shape index (κ3) is 7.02. The predicted molar refractivity (Wildman–Crippen MR) is 101 cm³/mol. The molecule has 0 aromatic heterocycles. The van der Waals surface area contributed by atoms with Crippen LogP contribution >= 0.6 is 0 Å². The number of aliphatic hydroxyl groups is 1. The first-order valence-electron chi connectivity index (χ1n) is 9.45. The Morgan fingerprint density at radius 1 is 1.20 bits per heavy atom. The molecule has 2 N–H and O–H groups in total. The van der Waals surface area contributed by atoms with Crippen molar-refractivity contribution in [3.63, 3.8) is 0 Å². The quantitative estimate of drug-likeness (QED) is 0.470. The first-order chi connectivity index (χ1) is 12.2. The number of hydrogen-bond donors (Lipinski definition) is 2. The predicted octanol–water partition coefficient (Wildman–Crippen LogP) is 2.80. The van der Waals surface area contributed by atoms with Crippen molar-refractivity contribution in [1.29, 1.82) is 0 Å². The molecule has 2 amide bonds. The molecule has 3 atom stereocenters. The SMILES string of the molecule is C=CCCCCCCC(=O)N1CCCC1C(=O)N[C@@H]1C[C@H]1C=C.CO. The maximum atomic E-state index is 12.4. The van der Waals surface area contributed by atoms with E-state index in [1.807, 2.05) is 12.2 Å². The van der Waals surface area contributed by atoms with Crippen LogP contribution in [0.2, 0.25) is 0 Å². The number of carbonyl (C=O) groups excluding carboxylic acids is 2. The summed E-state index contributed by atoms with van der Waals surface area (Å²) in [6, 6.07) is -0.0169. The first-order valence-corrected chi connectivity index (χ1v) is 9.45. The van der Waals surface area contributed by atoms with Crippen LogP contribution in [-0.2, 0) is 9.59 Å². The van der Waals surface area contributed by atoms with E-state index in [1.165, 1.54) is 0 Å². The van der Waals surface area contributed by atoms with Gasteiger partial charge in [0.1, 0.15) is 6.04 Å². The molecule has 2 rings (SSSR count). The molecule has 1 unspecified atom stereocenters. The van der Waals surface area contributed by atoms with Crippen molar-refractivity contribution in [3.05, 3.63) is 25.3 Å². The third-order valence-electron chi connectivity index (χ3n) is 4.89. The number of likely N-dealkylation sites (tertiary alicyclic amines) is 1. The van der Waals surface area contributed by atoms with E-state index in [9.17, 15) is 9.59 Å². The standard InChI is InChI=1S/C19H30N2O2.CH4O/c1-3-5-6-7-8-9-12-18(22)21-13-10-11-17(21)19(23)20-16-14-15(16)4-2;1-2/h3-4,15-17H,1-2,5-14H2,(H,20,23);2H,1H3/t15-,16-,17?;/m1./s1. The minimum absolute atomic E-state index is 0.0242. The number of aliphatic hydroxyl groups excluding tert-OH is 1. The molecule has 0 aromatic rings. The average molecular weight is 351 g/mol. The Morgan fingerprint density at radius 2 is 1.92 bits per heavy atom. The molecule has 5 heteroatoms. The summed E-state index contributed by atoms with van der Waals surface area (Å²) in [7, 11) is 1.00. The van der Waals surface area contributed by atoms with Crippen molar-refractivity contribution in [2.45, 2.75) is 69.9 Å². The van der Waals surface area contributed by atoms with Crippen LogP contribution in [0.15, 0.2) is 25.3 Å². The van der Waals surface area contributed by atoms with E-state index in [2.05, 4.69) is 18.5 Å². The summed E-state index contributed by atoms with van der Waals surface area (Å²) >= 11 is 0. The van der Waals surface area contributed by atoms with Crippen molar-refractivity contribution in [2.75, 3.05) is 13.7 Å². The number of allylic oxidation sites excluding steroid dienone is 1. The summed E-state index contributed by atoms with van der Waals surface area (Å²) in [6.07, 6.45) is 12.5. The summed E-state index contributed by atoms with van der Waals surface area (Å²) in [4.78, 5) is 26.6. The van der Waals surface area contributed by atoms with E-state index in [0.29, 0.717) is 12.3 Å². The van der Waals surface area contributed by atoms with Crippen molar-refractivity contribution < 1.29 is 14.7 Å². The second-order valence-electron chi connectivity index (χ2n) is 6.74. The number of nitrogens with zero attached hydrogens (tertiary/aromatic N) is 1. The van der Waals surface area contributed by atoms with Crippen LogP contribution in [0, 0.1) is 5.92 Å². The van der Waals surface area contributed by atoms with Gasteiger partial charge in [-0.25, -0.2) is 0 Å². The van der Waals surface area contributed by atoms with Crippen LogP contribution in [0.5, 0.6) is 0 Å². The Labute approximate surface area is 152 Å². The zero-order valence-electron chi connectivity index (χ0n) is 15.6. The highest BCUT2D eigenvalue weighted by atomic mass is 16.2. The minimum atomic E-state index is -0.255. The highest BCUT2D eigenvalue weighted by molar-refractivity contribution is 5.88. The van der Waals surface area contributed by atoms with Gasteiger partial charge in [0.05, 0.1) is 0 Å². The lowest BCUT2D eigenvalue weighted by atomic mass is 10.1. The molecule has 0 aromatic carbocycles. The fourth-order valence-electron chi connectivity index (χ4n) is 3.32. The number of amides is 2. The maximum Gasteiger partial charge on any atom is 0.243 e. The van der Waals surface area contributed by atoms with Crippen molar-refractivity contribution in [3.8, 4) is 0 Å². The van der Waals surface area contributed by atoms with Gasteiger partial charge in [-0.05, 0) is 44.4 Å². The van der Waals surface area contributed by atoms with E-state index in [4.69, 9.17) is 5.11 Å². The van der Waals surface area contributed by atoms with Crippen molar-refractivity contribution in [1.82, 2.24) is 10.2 Å². The minimum Gasteiger partial charge on any atom is -0.400 e. The lowest BCUT2D eigenvalue weighted by Gasteiger charge is -2.24. The van der Waals surface area contributed by atoms with E-state index < -0.39 is 0 Å². The largest absolute Gasteiger partial charge is 0.400 e. The van der Waals surface area contributed by atoms with Gasteiger partial charge in [-0.15, -0.1) is 13.2 Å². The van der Waals surface area contributed by atoms with E-state index in [0.717, 1.165) is 65.0 Å². The van der Waals surface area contributed by atoms with E-state index in [1.54, 1.807) is 4.90 Å². The van der Waals surface area contributed by atoms with Crippen molar-refractivity contribution >= 4 is 11.8 Å². The highest BCUT2D eigenvalue weighted by Gasteiger charge is 2.40. The average Bonchev–Trinajstić information content (AvgIpc) is 3.19. The number of nitrogens with one attached hydrogen (secondary N) is 1. The Kier molecular flexibility index (Phi) is 10.2. The van der Waals surface area contributed by atoms with E-state index >= 15 is 0 Å². The Hall–Kier alpha value is -1.62. The fourth-order valence-corrected chi connectivity index (χ4v) is 3.32. The molecule has 0 bridgehead atoms. The zero-order chi connectivity index (χ0) is 18.7. The Morgan fingerprint density at radius 3 is 2.56 bits per heavy atom. The van der Waals surface area contributed by atoms with Gasteiger partial charge in [-0.1, -0.05) is 25.0 Å². The number of hydrogen-bond acceptors (Lipinski definition) is 3. The summed E-state index contributed by atoms with van der Waals surface area (Å²) < 4.78 is 0. The molecule has 1 saturated carbocycles. The molecular formula is C20H34N2O3. The summed E-state index contributed by atoms with van der Waals surface area (Å²) in [6.45, 7) is 8.20. The monoisotopic (exact) mass is 350 g/mol. The number of carbonyl (C=O) groups is 2. The van der Waals surface area contributed by atoms with Gasteiger partial charge < -0.3 is 15.3 Å². The molecule has 0 radical (unpaired) electrons. The molecule has 1 aliphatic heterocycles. The van der Waals surface area contributed by atoms with Crippen LogP contribution in [0.1, 0.15) is 57.8 Å².